The van der Waals surface area contributed by atoms with Gasteiger partial charge in [0, 0.05) is 12.6 Å². The summed E-state index contributed by atoms with van der Waals surface area (Å²) in [5.74, 6) is -0.148. The maximum atomic E-state index is 12.9. The SMILES string of the molecule is C[C@@H](C(=O)NC1CCCC1)N(C)Cc1ccc(F)cc1. The standard InChI is InChI=1S/C16H23FN2O/c1-12(16(20)18-15-5-3-4-6-15)19(2)11-13-7-9-14(17)10-8-13/h7-10,12,15H,3-6,11H2,1-2H3,(H,18,20)/t12-/m0/s1. The number of carbonyl (C=O) groups excluding carboxylic acids is 1. The lowest BCUT2D eigenvalue weighted by atomic mass is 10.1. The number of likely N-dealkylation sites (N-methyl/N-ethyl adjacent to an activating group) is 1. The summed E-state index contributed by atoms with van der Waals surface area (Å²) in [6.45, 7) is 2.55. The molecule has 0 radical (unpaired) electrons. The van der Waals surface area contributed by atoms with Gasteiger partial charge in [0.15, 0.2) is 0 Å². The molecule has 1 aromatic rings. The molecule has 3 nitrogen and oxygen atoms in total. The molecule has 1 aliphatic carbocycles. The highest BCUT2D eigenvalue weighted by molar-refractivity contribution is 5.81. The van der Waals surface area contributed by atoms with Crippen molar-refractivity contribution in [2.75, 3.05) is 7.05 Å². The molecule has 0 aromatic heterocycles. The van der Waals surface area contributed by atoms with Crippen LogP contribution in [0, 0.1) is 5.82 Å². The van der Waals surface area contributed by atoms with Crippen LogP contribution >= 0.6 is 0 Å². The van der Waals surface area contributed by atoms with Gasteiger partial charge in [-0.25, -0.2) is 4.39 Å². The van der Waals surface area contributed by atoms with Crippen LogP contribution in [0.15, 0.2) is 24.3 Å². The summed E-state index contributed by atoms with van der Waals surface area (Å²) in [6.07, 6.45) is 4.62. The molecule has 0 spiro atoms. The molecule has 0 heterocycles. The van der Waals surface area contributed by atoms with Crippen molar-refractivity contribution in [1.29, 1.82) is 0 Å². The second-order valence-electron chi connectivity index (χ2n) is 5.71. The van der Waals surface area contributed by atoms with Crippen molar-refractivity contribution in [3.8, 4) is 0 Å². The summed E-state index contributed by atoms with van der Waals surface area (Å²) in [5, 5.41) is 3.11. The van der Waals surface area contributed by atoms with Crippen LogP contribution < -0.4 is 5.32 Å². The molecular weight excluding hydrogens is 255 g/mol. The lowest BCUT2D eigenvalue weighted by Crippen LogP contribution is -2.46. The van der Waals surface area contributed by atoms with E-state index < -0.39 is 0 Å². The van der Waals surface area contributed by atoms with E-state index in [2.05, 4.69) is 5.32 Å². The lowest BCUT2D eigenvalue weighted by Gasteiger charge is -2.25. The minimum absolute atomic E-state index is 0.0847. The largest absolute Gasteiger partial charge is 0.352 e. The van der Waals surface area contributed by atoms with Crippen LogP contribution in [0.1, 0.15) is 38.2 Å². The average Bonchev–Trinajstić information content (AvgIpc) is 2.93. The van der Waals surface area contributed by atoms with E-state index in [9.17, 15) is 9.18 Å². The summed E-state index contributed by atoms with van der Waals surface area (Å²) in [5.41, 5.74) is 1.01. The van der Waals surface area contributed by atoms with Crippen LogP contribution in [0.25, 0.3) is 0 Å². The normalized spacial score (nSPS) is 17.4. The van der Waals surface area contributed by atoms with E-state index in [1.165, 1.54) is 25.0 Å². The van der Waals surface area contributed by atoms with Gasteiger partial charge in [0.2, 0.25) is 5.91 Å². The van der Waals surface area contributed by atoms with E-state index in [0.29, 0.717) is 12.6 Å². The summed E-state index contributed by atoms with van der Waals surface area (Å²) in [6, 6.07) is 6.59. The van der Waals surface area contributed by atoms with Crippen LogP contribution in [0.5, 0.6) is 0 Å². The van der Waals surface area contributed by atoms with Crippen molar-refractivity contribution in [3.63, 3.8) is 0 Å². The van der Waals surface area contributed by atoms with Gasteiger partial charge in [0.05, 0.1) is 6.04 Å². The molecule has 1 amide bonds. The Hall–Kier alpha value is -1.42. The zero-order valence-electron chi connectivity index (χ0n) is 12.2. The number of benzene rings is 1. The maximum Gasteiger partial charge on any atom is 0.237 e. The van der Waals surface area contributed by atoms with Crippen molar-refractivity contribution >= 4 is 5.91 Å². The van der Waals surface area contributed by atoms with Gasteiger partial charge in [0.25, 0.3) is 0 Å². The van der Waals surface area contributed by atoms with E-state index >= 15 is 0 Å². The van der Waals surface area contributed by atoms with Crippen molar-refractivity contribution in [3.05, 3.63) is 35.6 Å². The third-order valence-corrected chi connectivity index (χ3v) is 4.09. The maximum absolute atomic E-state index is 12.9. The highest BCUT2D eigenvalue weighted by Crippen LogP contribution is 2.18. The van der Waals surface area contributed by atoms with Gasteiger partial charge in [0.1, 0.15) is 5.82 Å². The molecule has 0 aliphatic heterocycles. The molecule has 4 heteroatoms. The number of carbonyl (C=O) groups is 1. The summed E-state index contributed by atoms with van der Waals surface area (Å²) in [7, 11) is 1.92. The quantitative estimate of drug-likeness (QED) is 0.898. The Morgan fingerprint density at radius 3 is 2.55 bits per heavy atom. The van der Waals surface area contributed by atoms with Gasteiger partial charge < -0.3 is 5.32 Å². The molecule has 0 bridgehead atoms. The minimum Gasteiger partial charge on any atom is -0.352 e. The number of amides is 1. The Labute approximate surface area is 120 Å². The second kappa shape index (κ2) is 6.84. The Balaban J connectivity index is 1.85. The van der Waals surface area contributed by atoms with Gasteiger partial charge in [-0.3, -0.25) is 9.69 Å². The topological polar surface area (TPSA) is 32.3 Å². The molecule has 2 rings (SSSR count). The Kier molecular flexibility index (Phi) is 5.12. The molecule has 1 fully saturated rings. The predicted octanol–water partition coefficient (Wildman–Crippen LogP) is 2.70. The first-order valence-electron chi connectivity index (χ1n) is 7.31. The predicted molar refractivity (Wildman–Crippen MR) is 77.7 cm³/mol. The van der Waals surface area contributed by atoms with Crippen LogP contribution in [0.3, 0.4) is 0 Å². The van der Waals surface area contributed by atoms with E-state index in [-0.39, 0.29) is 17.8 Å². The first kappa shape index (κ1) is 15.0. The van der Waals surface area contributed by atoms with E-state index in [4.69, 9.17) is 0 Å². The second-order valence-corrected chi connectivity index (χ2v) is 5.71. The Bertz CT molecular complexity index is 440. The monoisotopic (exact) mass is 278 g/mol. The smallest absolute Gasteiger partial charge is 0.237 e. The fourth-order valence-electron chi connectivity index (χ4n) is 2.61. The zero-order valence-corrected chi connectivity index (χ0v) is 12.2. The number of rotatable bonds is 5. The van der Waals surface area contributed by atoms with E-state index in [1.54, 1.807) is 12.1 Å². The van der Waals surface area contributed by atoms with E-state index in [1.807, 2.05) is 18.9 Å². The van der Waals surface area contributed by atoms with Gasteiger partial charge in [-0.15, -0.1) is 0 Å². The summed E-state index contributed by atoms with van der Waals surface area (Å²) in [4.78, 5) is 14.2. The van der Waals surface area contributed by atoms with Gasteiger partial charge in [-0.05, 0) is 44.5 Å². The highest BCUT2D eigenvalue weighted by atomic mass is 19.1. The summed E-state index contributed by atoms with van der Waals surface area (Å²) < 4.78 is 12.9. The average molecular weight is 278 g/mol. The van der Waals surface area contributed by atoms with Gasteiger partial charge in [-0.1, -0.05) is 25.0 Å². The number of hydrogen-bond acceptors (Lipinski definition) is 2. The van der Waals surface area contributed by atoms with Crippen molar-refractivity contribution in [2.24, 2.45) is 0 Å². The van der Waals surface area contributed by atoms with Crippen molar-refractivity contribution in [2.45, 2.75) is 51.2 Å². The van der Waals surface area contributed by atoms with Crippen LogP contribution in [-0.2, 0) is 11.3 Å². The fourth-order valence-corrected chi connectivity index (χ4v) is 2.61. The van der Waals surface area contributed by atoms with E-state index in [0.717, 1.165) is 18.4 Å². The summed E-state index contributed by atoms with van der Waals surface area (Å²) >= 11 is 0. The Morgan fingerprint density at radius 1 is 1.35 bits per heavy atom. The van der Waals surface area contributed by atoms with Crippen molar-refractivity contribution < 1.29 is 9.18 Å². The van der Waals surface area contributed by atoms with Crippen LogP contribution in [0.2, 0.25) is 0 Å². The molecule has 0 saturated heterocycles. The van der Waals surface area contributed by atoms with Crippen molar-refractivity contribution in [1.82, 2.24) is 10.2 Å². The lowest BCUT2D eigenvalue weighted by molar-refractivity contribution is -0.126. The molecule has 1 N–H and O–H groups in total. The molecule has 1 aliphatic rings. The molecular formula is C16H23FN2O. The zero-order chi connectivity index (χ0) is 14.5. The minimum atomic E-state index is -0.233. The highest BCUT2D eigenvalue weighted by Gasteiger charge is 2.23. The molecule has 1 saturated carbocycles. The fraction of sp³-hybridized carbons (Fsp3) is 0.562. The molecule has 20 heavy (non-hydrogen) atoms. The molecule has 0 unspecified atom stereocenters. The first-order valence-corrected chi connectivity index (χ1v) is 7.31. The first-order chi connectivity index (χ1) is 9.56. The molecule has 1 aromatic carbocycles. The third-order valence-electron chi connectivity index (χ3n) is 4.09. The third kappa shape index (κ3) is 4.04. The molecule has 110 valence electrons. The van der Waals surface area contributed by atoms with Crippen LogP contribution in [-0.4, -0.2) is 29.9 Å². The Morgan fingerprint density at radius 2 is 1.95 bits per heavy atom. The number of halogens is 1. The number of nitrogens with one attached hydrogen (secondary N) is 1. The van der Waals surface area contributed by atoms with Gasteiger partial charge >= 0.3 is 0 Å². The van der Waals surface area contributed by atoms with Gasteiger partial charge in [-0.2, -0.15) is 0 Å². The van der Waals surface area contributed by atoms with Crippen LogP contribution in [0.4, 0.5) is 4.39 Å². The number of hydrogen-bond donors (Lipinski definition) is 1. The molecule has 1 atom stereocenters. The number of nitrogens with zero attached hydrogens (tertiary/aromatic N) is 1.